The molecule has 1 heterocycles. The minimum absolute atomic E-state index is 0.0963. The standard InChI is InChI=1S/C19H31F2N5O3S/c1-4-26(30(3,27)28)12-7-11-23-19(22-2)24-15-10-13-25(14-15)16-8-5-6-9-17(16)29-18(20)21/h5-6,8-9,15,18H,4,7,10-14H2,1-3H3,(H2,22,23,24). The summed E-state index contributed by atoms with van der Waals surface area (Å²) in [5, 5.41) is 6.53. The van der Waals surface area contributed by atoms with Gasteiger partial charge in [-0.3, -0.25) is 4.99 Å². The summed E-state index contributed by atoms with van der Waals surface area (Å²) in [6.45, 7) is 1.74. The van der Waals surface area contributed by atoms with Gasteiger partial charge in [0.05, 0.1) is 11.9 Å². The molecule has 1 saturated heterocycles. The Bertz CT molecular complexity index is 807. The van der Waals surface area contributed by atoms with Gasteiger partial charge >= 0.3 is 6.61 Å². The Hall–Kier alpha value is -2.14. The van der Waals surface area contributed by atoms with E-state index in [1.807, 2.05) is 11.8 Å². The van der Waals surface area contributed by atoms with Gasteiger partial charge < -0.3 is 20.3 Å². The lowest BCUT2D eigenvalue weighted by Gasteiger charge is -2.23. The molecule has 0 radical (unpaired) electrons. The second-order valence-corrected chi connectivity index (χ2v) is 9.01. The highest BCUT2D eigenvalue weighted by molar-refractivity contribution is 7.88. The van der Waals surface area contributed by atoms with Gasteiger partial charge in [-0.1, -0.05) is 19.1 Å². The molecule has 2 rings (SSSR count). The lowest BCUT2D eigenvalue weighted by Crippen LogP contribution is -2.45. The van der Waals surface area contributed by atoms with Gasteiger partial charge in [0, 0.05) is 45.8 Å². The van der Waals surface area contributed by atoms with E-state index in [1.54, 1.807) is 31.3 Å². The van der Waals surface area contributed by atoms with Gasteiger partial charge in [0.2, 0.25) is 10.0 Å². The Labute approximate surface area is 177 Å². The molecule has 0 spiro atoms. The normalized spacial score (nSPS) is 17.6. The molecule has 11 heteroatoms. The van der Waals surface area contributed by atoms with Crippen molar-refractivity contribution >= 4 is 21.7 Å². The van der Waals surface area contributed by atoms with Crippen LogP contribution in [0.3, 0.4) is 0 Å². The van der Waals surface area contributed by atoms with E-state index < -0.39 is 16.6 Å². The van der Waals surface area contributed by atoms with Crippen molar-refractivity contribution in [1.82, 2.24) is 14.9 Å². The molecule has 1 unspecified atom stereocenters. The maximum absolute atomic E-state index is 12.7. The number of para-hydroxylation sites is 2. The van der Waals surface area contributed by atoms with Crippen LogP contribution in [-0.4, -0.2) is 77.4 Å². The van der Waals surface area contributed by atoms with E-state index in [0.717, 1.165) is 6.42 Å². The summed E-state index contributed by atoms with van der Waals surface area (Å²) >= 11 is 0. The zero-order valence-electron chi connectivity index (χ0n) is 17.6. The molecule has 0 bridgehead atoms. The van der Waals surface area contributed by atoms with E-state index >= 15 is 0 Å². The average Bonchev–Trinajstić information content (AvgIpc) is 3.14. The van der Waals surface area contributed by atoms with Crippen molar-refractivity contribution < 1.29 is 21.9 Å². The topological polar surface area (TPSA) is 86.3 Å². The second-order valence-electron chi connectivity index (χ2n) is 7.03. The first kappa shape index (κ1) is 24.1. The molecule has 0 saturated carbocycles. The molecule has 1 aliphatic rings. The predicted molar refractivity (Wildman–Crippen MR) is 115 cm³/mol. The fourth-order valence-corrected chi connectivity index (χ4v) is 4.35. The zero-order valence-corrected chi connectivity index (χ0v) is 18.5. The van der Waals surface area contributed by atoms with Crippen molar-refractivity contribution in [3.05, 3.63) is 24.3 Å². The molecule has 30 heavy (non-hydrogen) atoms. The summed E-state index contributed by atoms with van der Waals surface area (Å²) in [5.41, 5.74) is 0.644. The quantitative estimate of drug-likeness (QED) is 0.323. The van der Waals surface area contributed by atoms with Crippen LogP contribution in [0.4, 0.5) is 14.5 Å². The van der Waals surface area contributed by atoms with Crippen LogP contribution in [0, 0.1) is 0 Å². The summed E-state index contributed by atoms with van der Waals surface area (Å²) in [7, 11) is -1.52. The Morgan fingerprint density at radius 2 is 2.13 bits per heavy atom. The van der Waals surface area contributed by atoms with Crippen molar-refractivity contribution in [3.63, 3.8) is 0 Å². The third-order valence-electron chi connectivity index (χ3n) is 4.87. The number of halogens is 2. The third kappa shape index (κ3) is 7.28. The summed E-state index contributed by atoms with van der Waals surface area (Å²) in [5.74, 6) is 0.795. The number of rotatable bonds is 10. The number of anilines is 1. The highest BCUT2D eigenvalue weighted by Gasteiger charge is 2.26. The first-order chi connectivity index (χ1) is 14.2. The van der Waals surface area contributed by atoms with E-state index in [4.69, 9.17) is 0 Å². The fraction of sp³-hybridized carbons (Fsp3) is 0.632. The van der Waals surface area contributed by atoms with Gasteiger partial charge in [0.1, 0.15) is 5.75 Å². The summed E-state index contributed by atoms with van der Waals surface area (Å²) in [4.78, 5) is 6.22. The summed E-state index contributed by atoms with van der Waals surface area (Å²) < 4.78 is 54.6. The van der Waals surface area contributed by atoms with Gasteiger partial charge in [0.25, 0.3) is 0 Å². The summed E-state index contributed by atoms with van der Waals surface area (Å²) in [6.07, 6.45) is 2.68. The molecule has 0 aromatic heterocycles. The first-order valence-corrected chi connectivity index (χ1v) is 11.8. The number of ether oxygens (including phenoxy) is 1. The Morgan fingerprint density at radius 1 is 1.40 bits per heavy atom. The minimum atomic E-state index is -3.19. The van der Waals surface area contributed by atoms with Crippen LogP contribution < -0.4 is 20.3 Å². The predicted octanol–water partition coefficient (Wildman–Crippen LogP) is 1.70. The second kappa shape index (κ2) is 11.3. The van der Waals surface area contributed by atoms with Gasteiger partial charge in [-0.25, -0.2) is 12.7 Å². The van der Waals surface area contributed by atoms with Crippen molar-refractivity contribution in [2.24, 2.45) is 4.99 Å². The third-order valence-corrected chi connectivity index (χ3v) is 6.25. The number of benzene rings is 1. The molecule has 1 aliphatic heterocycles. The number of sulfonamides is 1. The number of hydrogen-bond donors (Lipinski definition) is 2. The highest BCUT2D eigenvalue weighted by atomic mass is 32.2. The van der Waals surface area contributed by atoms with E-state index in [2.05, 4.69) is 20.4 Å². The van der Waals surface area contributed by atoms with Gasteiger partial charge in [-0.15, -0.1) is 0 Å². The van der Waals surface area contributed by atoms with Crippen LogP contribution >= 0.6 is 0 Å². The van der Waals surface area contributed by atoms with Crippen LogP contribution in [0.25, 0.3) is 0 Å². The van der Waals surface area contributed by atoms with Gasteiger partial charge in [0.15, 0.2) is 5.96 Å². The molecule has 0 aliphatic carbocycles. The fourth-order valence-electron chi connectivity index (χ4n) is 3.42. The number of alkyl halides is 2. The molecule has 2 N–H and O–H groups in total. The minimum Gasteiger partial charge on any atom is -0.433 e. The van der Waals surface area contributed by atoms with Crippen LogP contribution in [0.1, 0.15) is 19.8 Å². The molecular weight excluding hydrogens is 416 g/mol. The average molecular weight is 448 g/mol. The maximum Gasteiger partial charge on any atom is 0.387 e. The number of aliphatic imine (C=N–C) groups is 1. The van der Waals surface area contributed by atoms with E-state index in [1.165, 1.54) is 10.6 Å². The van der Waals surface area contributed by atoms with Crippen LogP contribution in [0.15, 0.2) is 29.3 Å². The molecule has 170 valence electrons. The number of nitrogens with one attached hydrogen (secondary N) is 2. The smallest absolute Gasteiger partial charge is 0.387 e. The monoisotopic (exact) mass is 447 g/mol. The van der Waals surface area contributed by atoms with Crippen molar-refractivity contribution in [3.8, 4) is 5.75 Å². The molecule has 0 amide bonds. The SMILES string of the molecule is CCN(CCCNC(=NC)NC1CCN(c2ccccc2OC(F)F)C1)S(C)(=O)=O. The van der Waals surface area contributed by atoms with E-state index in [0.29, 0.717) is 50.8 Å². The largest absolute Gasteiger partial charge is 0.433 e. The zero-order chi connectivity index (χ0) is 22.1. The lowest BCUT2D eigenvalue weighted by molar-refractivity contribution is -0.0495. The molecule has 1 fully saturated rings. The lowest BCUT2D eigenvalue weighted by atomic mass is 10.2. The number of hydrogen-bond acceptors (Lipinski definition) is 5. The first-order valence-electron chi connectivity index (χ1n) is 9.95. The molecule has 1 atom stereocenters. The van der Waals surface area contributed by atoms with Gasteiger partial charge in [-0.05, 0) is 25.0 Å². The maximum atomic E-state index is 12.7. The van der Waals surface area contributed by atoms with Crippen LogP contribution in [0.2, 0.25) is 0 Å². The van der Waals surface area contributed by atoms with Crippen molar-refractivity contribution in [2.45, 2.75) is 32.4 Å². The molecule has 1 aromatic rings. The van der Waals surface area contributed by atoms with E-state index in [-0.39, 0.29) is 11.8 Å². The summed E-state index contributed by atoms with van der Waals surface area (Å²) in [6, 6.07) is 6.87. The Morgan fingerprint density at radius 3 is 2.77 bits per heavy atom. The molecular formula is C19H31F2N5O3S. The number of guanidine groups is 1. The molecule has 1 aromatic carbocycles. The van der Waals surface area contributed by atoms with Gasteiger partial charge in [-0.2, -0.15) is 8.78 Å². The Kier molecular flexibility index (Phi) is 9.09. The number of nitrogens with zero attached hydrogens (tertiary/aromatic N) is 3. The van der Waals surface area contributed by atoms with Crippen LogP contribution in [0.5, 0.6) is 5.75 Å². The highest BCUT2D eigenvalue weighted by Crippen LogP contribution is 2.31. The molecule has 8 nitrogen and oxygen atoms in total. The Balaban J connectivity index is 1.83. The van der Waals surface area contributed by atoms with E-state index in [9.17, 15) is 17.2 Å². The van der Waals surface area contributed by atoms with Crippen molar-refractivity contribution in [2.75, 3.05) is 50.9 Å². The van der Waals surface area contributed by atoms with Crippen molar-refractivity contribution in [1.29, 1.82) is 0 Å². The van der Waals surface area contributed by atoms with Crippen LogP contribution in [-0.2, 0) is 10.0 Å².